The first-order chi connectivity index (χ1) is 5.99. The second kappa shape index (κ2) is 4.36. The summed E-state index contributed by atoms with van der Waals surface area (Å²) in [6.07, 6.45) is 3.93. The van der Waals surface area contributed by atoms with Crippen molar-refractivity contribution in [3.05, 3.63) is 0 Å². The Morgan fingerprint density at radius 3 is 2.54 bits per heavy atom. The molecule has 3 heteroatoms. The molecular formula is C10H18F2O. The predicted octanol–water partition coefficient (Wildman–Crippen LogP) is 2.97. The topological polar surface area (TPSA) is 20.2 Å². The van der Waals surface area contributed by atoms with Crippen LogP contribution in [0.15, 0.2) is 0 Å². The summed E-state index contributed by atoms with van der Waals surface area (Å²) in [5.74, 6) is -2.26. The molecule has 0 aromatic rings. The van der Waals surface area contributed by atoms with E-state index in [0.29, 0.717) is 6.42 Å². The molecule has 0 aliphatic heterocycles. The lowest BCUT2D eigenvalue weighted by Gasteiger charge is -2.15. The maximum Gasteiger partial charge on any atom is 0.245 e. The number of aliphatic hydroxyl groups excluding tert-OH is 1. The second-order valence-corrected chi connectivity index (χ2v) is 4.22. The average Bonchev–Trinajstić information content (AvgIpc) is 2.34. The van der Waals surface area contributed by atoms with E-state index in [1.165, 1.54) is 0 Å². The molecule has 1 aliphatic rings. The van der Waals surface area contributed by atoms with Gasteiger partial charge < -0.3 is 5.11 Å². The smallest absolute Gasteiger partial charge is 0.245 e. The Morgan fingerprint density at radius 1 is 1.38 bits per heavy atom. The molecule has 0 amide bonds. The van der Waals surface area contributed by atoms with Crippen LogP contribution in [0, 0.1) is 5.92 Å². The van der Waals surface area contributed by atoms with Gasteiger partial charge in [-0.3, -0.25) is 0 Å². The van der Waals surface area contributed by atoms with Crippen LogP contribution in [0.5, 0.6) is 0 Å². The van der Waals surface area contributed by atoms with Crippen molar-refractivity contribution in [3.63, 3.8) is 0 Å². The summed E-state index contributed by atoms with van der Waals surface area (Å²) in [6.45, 7) is 0.956. The van der Waals surface area contributed by atoms with E-state index < -0.39 is 5.92 Å². The maximum atomic E-state index is 12.4. The minimum Gasteiger partial charge on any atom is -0.393 e. The normalized spacial score (nSPS) is 29.5. The van der Waals surface area contributed by atoms with Gasteiger partial charge in [0.2, 0.25) is 5.92 Å². The fourth-order valence-corrected chi connectivity index (χ4v) is 2.03. The van der Waals surface area contributed by atoms with Gasteiger partial charge in [-0.25, -0.2) is 8.78 Å². The van der Waals surface area contributed by atoms with Gasteiger partial charge in [-0.2, -0.15) is 0 Å². The molecule has 1 aliphatic carbocycles. The molecule has 0 aromatic carbocycles. The van der Waals surface area contributed by atoms with Crippen molar-refractivity contribution in [2.24, 2.45) is 5.92 Å². The van der Waals surface area contributed by atoms with Gasteiger partial charge >= 0.3 is 0 Å². The van der Waals surface area contributed by atoms with Crippen LogP contribution in [-0.4, -0.2) is 17.1 Å². The van der Waals surface area contributed by atoms with Gasteiger partial charge in [0.1, 0.15) is 0 Å². The third-order valence-electron chi connectivity index (χ3n) is 2.81. The van der Waals surface area contributed by atoms with Crippen LogP contribution in [0.1, 0.15) is 45.4 Å². The fraction of sp³-hybridized carbons (Fsp3) is 1.00. The summed E-state index contributed by atoms with van der Waals surface area (Å²) in [4.78, 5) is 0. The van der Waals surface area contributed by atoms with Gasteiger partial charge in [-0.05, 0) is 38.5 Å². The van der Waals surface area contributed by atoms with Gasteiger partial charge in [0.15, 0.2) is 0 Å². The Bertz CT molecular complexity index is 153. The maximum absolute atomic E-state index is 12.4. The number of alkyl halides is 2. The van der Waals surface area contributed by atoms with Crippen molar-refractivity contribution in [2.75, 3.05) is 0 Å². The first kappa shape index (κ1) is 10.9. The highest BCUT2D eigenvalue weighted by molar-refractivity contribution is 4.76. The lowest BCUT2D eigenvalue weighted by atomic mass is 9.97. The first-order valence-corrected chi connectivity index (χ1v) is 5.05. The van der Waals surface area contributed by atoms with Gasteiger partial charge in [-0.15, -0.1) is 0 Å². The number of halogens is 2. The summed E-state index contributed by atoms with van der Waals surface area (Å²) in [5, 5.41) is 9.43. The third-order valence-corrected chi connectivity index (χ3v) is 2.81. The summed E-state index contributed by atoms with van der Waals surface area (Å²) in [7, 11) is 0. The van der Waals surface area contributed by atoms with Crippen molar-refractivity contribution in [3.8, 4) is 0 Å². The Morgan fingerprint density at radius 2 is 2.08 bits per heavy atom. The second-order valence-electron chi connectivity index (χ2n) is 4.22. The SMILES string of the molecule is CC(F)(F)CCCC1CCCC1O. The molecule has 1 saturated carbocycles. The lowest BCUT2D eigenvalue weighted by Crippen LogP contribution is -2.15. The van der Waals surface area contributed by atoms with E-state index in [0.717, 1.165) is 32.6 Å². The number of rotatable bonds is 4. The van der Waals surface area contributed by atoms with Crippen molar-refractivity contribution >= 4 is 0 Å². The average molecular weight is 192 g/mol. The molecule has 1 N–H and O–H groups in total. The van der Waals surface area contributed by atoms with Crippen LogP contribution in [0.3, 0.4) is 0 Å². The van der Waals surface area contributed by atoms with Gasteiger partial charge in [-0.1, -0.05) is 6.42 Å². The van der Waals surface area contributed by atoms with Crippen LogP contribution in [-0.2, 0) is 0 Å². The van der Waals surface area contributed by atoms with Gasteiger partial charge in [0.25, 0.3) is 0 Å². The molecule has 1 nitrogen and oxygen atoms in total. The molecule has 1 rings (SSSR count). The van der Waals surface area contributed by atoms with Crippen LogP contribution >= 0.6 is 0 Å². The van der Waals surface area contributed by atoms with Gasteiger partial charge in [0.05, 0.1) is 6.10 Å². The molecule has 78 valence electrons. The minimum absolute atomic E-state index is 0.0454. The molecule has 0 radical (unpaired) electrons. The Hall–Kier alpha value is -0.180. The summed E-state index contributed by atoms with van der Waals surface area (Å²) < 4.78 is 24.9. The Labute approximate surface area is 78.1 Å². The van der Waals surface area contributed by atoms with E-state index in [-0.39, 0.29) is 18.4 Å². The zero-order valence-corrected chi connectivity index (χ0v) is 8.10. The zero-order valence-electron chi connectivity index (χ0n) is 8.10. The third kappa shape index (κ3) is 4.03. The highest BCUT2D eigenvalue weighted by Crippen LogP contribution is 2.31. The largest absolute Gasteiger partial charge is 0.393 e. The predicted molar refractivity (Wildman–Crippen MR) is 47.8 cm³/mol. The summed E-state index contributed by atoms with van der Waals surface area (Å²) in [6, 6.07) is 0. The standard InChI is InChI=1S/C10H18F2O/c1-10(11,12)7-3-5-8-4-2-6-9(8)13/h8-9,13H,2-7H2,1H3. The monoisotopic (exact) mass is 192 g/mol. The first-order valence-electron chi connectivity index (χ1n) is 5.05. The molecule has 2 unspecified atom stereocenters. The molecule has 13 heavy (non-hydrogen) atoms. The zero-order chi connectivity index (χ0) is 9.90. The van der Waals surface area contributed by atoms with E-state index in [1.54, 1.807) is 0 Å². The summed E-state index contributed by atoms with van der Waals surface area (Å²) >= 11 is 0. The molecule has 2 atom stereocenters. The summed E-state index contributed by atoms with van der Waals surface area (Å²) in [5.41, 5.74) is 0. The van der Waals surface area contributed by atoms with E-state index in [1.807, 2.05) is 0 Å². The molecule has 0 spiro atoms. The lowest BCUT2D eigenvalue weighted by molar-refractivity contribution is 0.00756. The Kier molecular flexibility index (Phi) is 3.65. The quantitative estimate of drug-likeness (QED) is 0.726. The van der Waals surface area contributed by atoms with E-state index >= 15 is 0 Å². The highest BCUT2D eigenvalue weighted by atomic mass is 19.3. The van der Waals surface area contributed by atoms with Crippen LogP contribution in [0.2, 0.25) is 0 Å². The highest BCUT2D eigenvalue weighted by Gasteiger charge is 2.26. The van der Waals surface area contributed by atoms with Crippen molar-refractivity contribution in [1.82, 2.24) is 0 Å². The van der Waals surface area contributed by atoms with Crippen LogP contribution in [0.25, 0.3) is 0 Å². The fourth-order valence-electron chi connectivity index (χ4n) is 2.03. The Balaban J connectivity index is 2.12. The number of aliphatic hydroxyl groups is 1. The van der Waals surface area contributed by atoms with Crippen LogP contribution in [0.4, 0.5) is 8.78 Å². The van der Waals surface area contributed by atoms with Crippen molar-refractivity contribution in [2.45, 2.75) is 57.5 Å². The number of hydrogen-bond acceptors (Lipinski definition) is 1. The van der Waals surface area contributed by atoms with Crippen molar-refractivity contribution in [1.29, 1.82) is 0 Å². The molecule has 0 heterocycles. The molecule has 0 aromatic heterocycles. The van der Waals surface area contributed by atoms with Crippen molar-refractivity contribution < 1.29 is 13.9 Å². The van der Waals surface area contributed by atoms with E-state index in [2.05, 4.69) is 0 Å². The number of hydrogen-bond donors (Lipinski definition) is 1. The van der Waals surface area contributed by atoms with Gasteiger partial charge in [0, 0.05) is 6.42 Å². The van der Waals surface area contributed by atoms with E-state index in [9.17, 15) is 13.9 Å². The molecule has 0 saturated heterocycles. The van der Waals surface area contributed by atoms with E-state index in [4.69, 9.17) is 0 Å². The molecule has 0 bridgehead atoms. The molecular weight excluding hydrogens is 174 g/mol. The molecule has 1 fully saturated rings. The minimum atomic E-state index is -2.54. The van der Waals surface area contributed by atoms with Crippen LogP contribution < -0.4 is 0 Å².